The van der Waals surface area contributed by atoms with Gasteiger partial charge in [-0.3, -0.25) is 5.10 Å². The molecule has 0 amide bonds. The molecule has 2 N–H and O–H groups in total. The summed E-state index contributed by atoms with van der Waals surface area (Å²) < 4.78 is 18.7. The summed E-state index contributed by atoms with van der Waals surface area (Å²) in [6, 6.07) is 5.61. The van der Waals surface area contributed by atoms with Crippen molar-refractivity contribution >= 4 is 0 Å². The maximum atomic E-state index is 12.9. The van der Waals surface area contributed by atoms with Crippen LogP contribution in [0.25, 0.3) is 0 Å². The summed E-state index contributed by atoms with van der Waals surface area (Å²) in [4.78, 5) is 4.04. The first kappa shape index (κ1) is 14.5. The molecule has 0 aliphatic rings. The number of nitrogens with zero attached hydrogens (tertiary/aromatic N) is 2. The molecular formula is C14H18FN3O2. The molecule has 2 unspecified atom stereocenters. The molecule has 0 fully saturated rings. The van der Waals surface area contributed by atoms with Crippen molar-refractivity contribution in [2.75, 3.05) is 0 Å². The van der Waals surface area contributed by atoms with E-state index >= 15 is 0 Å². The second-order valence-electron chi connectivity index (χ2n) is 5.66. The van der Waals surface area contributed by atoms with Gasteiger partial charge < -0.3 is 9.84 Å². The summed E-state index contributed by atoms with van der Waals surface area (Å²) in [7, 11) is 0. The number of ether oxygens (including phenoxy) is 1. The number of hydrogen-bond acceptors (Lipinski definition) is 4. The third kappa shape index (κ3) is 3.33. The Morgan fingerprint density at radius 1 is 1.25 bits per heavy atom. The summed E-state index contributed by atoms with van der Waals surface area (Å²) in [6.45, 7) is 5.68. The molecule has 0 saturated carbocycles. The van der Waals surface area contributed by atoms with E-state index in [1.54, 1.807) is 0 Å². The third-order valence-electron chi connectivity index (χ3n) is 2.94. The lowest BCUT2D eigenvalue weighted by molar-refractivity contribution is -0.0368. The third-order valence-corrected chi connectivity index (χ3v) is 2.94. The molecule has 2 atom stereocenters. The molecule has 0 aliphatic carbocycles. The zero-order valence-electron chi connectivity index (χ0n) is 11.7. The Morgan fingerprint density at radius 3 is 2.40 bits per heavy atom. The number of aliphatic hydroxyl groups excluding tert-OH is 1. The molecular weight excluding hydrogens is 261 g/mol. The van der Waals surface area contributed by atoms with Crippen LogP contribution in [-0.2, 0) is 0 Å². The predicted molar refractivity (Wildman–Crippen MR) is 71.6 cm³/mol. The average molecular weight is 279 g/mol. The van der Waals surface area contributed by atoms with Crippen molar-refractivity contribution in [3.05, 3.63) is 42.2 Å². The van der Waals surface area contributed by atoms with Crippen LogP contribution in [-0.4, -0.2) is 26.4 Å². The van der Waals surface area contributed by atoms with Crippen molar-refractivity contribution in [1.29, 1.82) is 0 Å². The minimum atomic E-state index is -0.816. The Balaban J connectivity index is 2.26. The van der Waals surface area contributed by atoms with Gasteiger partial charge in [0.2, 0.25) is 0 Å². The molecule has 108 valence electrons. The summed E-state index contributed by atoms with van der Waals surface area (Å²) in [5.74, 6) is 0.462. The highest BCUT2D eigenvalue weighted by Crippen LogP contribution is 2.32. The molecule has 0 saturated heterocycles. The van der Waals surface area contributed by atoms with Crippen molar-refractivity contribution in [2.24, 2.45) is 5.41 Å². The Hall–Kier alpha value is -1.95. The lowest BCUT2D eigenvalue weighted by Crippen LogP contribution is -2.36. The van der Waals surface area contributed by atoms with Crippen LogP contribution in [0.4, 0.5) is 4.39 Å². The summed E-state index contributed by atoms with van der Waals surface area (Å²) in [5.41, 5.74) is -0.411. The number of aliphatic hydroxyl groups is 1. The lowest BCUT2D eigenvalue weighted by atomic mass is 9.85. The highest BCUT2D eigenvalue weighted by Gasteiger charge is 2.35. The van der Waals surface area contributed by atoms with Crippen molar-refractivity contribution in [3.63, 3.8) is 0 Å². The number of rotatable bonds is 4. The van der Waals surface area contributed by atoms with Crippen molar-refractivity contribution in [2.45, 2.75) is 33.0 Å². The van der Waals surface area contributed by atoms with Gasteiger partial charge in [-0.25, -0.2) is 9.37 Å². The Labute approximate surface area is 116 Å². The van der Waals surface area contributed by atoms with E-state index < -0.39 is 17.6 Å². The van der Waals surface area contributed by atoms with E-state index in [2.05, 4.69) is 15.2 Å². The maximum absolute atomic E-state index is 12.9. The highest BCUT2D eigenvalue weighted by atomic mass is 19.1. The number of benzene rings is 1. The summed E-state index contributed by atoms with van der Waals surface area (Å²) in [5, 5.41) is 17.0. The SMILES string of the molecule is CC(C)(C)C(O)C(Oc1ccc(F)cc1)c1nc[nH]n1. The Kier molecular flexibility index (Phi) is 4.04. The molecule has 2 rings (SSSR count). The van der Waals surface area contributed by atoms with Gasteiger partial charge in [0.05, 0.1) is 0 Å². The monoisotopic (exact) mass is 279 g/mol. The minimum absolute atomic E-state index is 0.344. The molecule has 20 heavy (non-hydrogen) atoms. The van der Waals surface area contributed by atoms with Crippen LogP contribution in [0.3, 0.4) is 0 Å². The van der Waals surface area contributed by atoms with Gasteiger partial charge in [-0.05, 0) is 29.7 Å². The number of H-pyrrole nitrogens is 1. The van der Waals surface area contributed by atoms with Gasteiger partial charge in [-0.15, -0.1) is 0 Å². The van der Waals surface area contributed by atoms with Gasteiger partial charge in [-0.2, -0.15) is 5.10 Å². The smallest absolute Gasteiger partial charge is 0.193 e. The number of halogens is 1. The molecule has 1 aromatic heterocycles. The van der Waals surface area contributed by atoms with E-state index in [0.717, 1.165) is 0 Å². The number of aromatic amines is 1. The van der Waals surface area contributed by atoms with Crippen LogP contribution in [0.2, 0.25) is 0 Å². The van der Waals surface area contributed by atoms with E-state index in [9.17, 15) is 9.50 Å². The topological polar surface area (TPSA) is 71.0 Å². The molecule has 5 nitrogen and oxygen atoms in total. The van der Waals surface area contributed by atoms with E-state index in [4.69, 9.17) is 4.74 Å². The van der Waals surface area contributed by atoms with E-state index in [1.807, 2.05) is 20.8 Å². The normalized spacial score (nSPS) is 14.8. The fourth-order valence-corrected chi connectivity index (χ4v) is 1.73. The fraction of sp³-hybridized carbons (Fsp3) is 0.429. The largest absolute Gasteiger partial charge is 0.480 e. The predicted octanol–water partition coefficient (Wildman–Crippen LogP) is 2.47. The van der Waals surface area contributed by atoms with Crippen LogP contribution < -0.4 is 4.74 Å². The maximum Gasteiger partial charge on any atom is 0.193 e. The number of aromatic nitrogens is 3. The second kappa shape index (κ2) is 5.58. The van der Waals surface area contributed by atoms with Crippen LogP contribution in [0.1, 0.15) is 32.7 Å². The van der Waals surface area contributed by atoms with Crippen molar-refractivity contribution in [1.82, 2.24) is 15.2 Å². The quantitative estimate of drug-likeness (QED) is 0.902. The standard InChI is InChI=1S/C14H18FN3O2/c1-14(2,3)12(19)11(13-16-8-17-18-13)20-10-6-4-9(15)5-7-10/h4-8,11-12,19H,1-3H3,(H,16,17,18). The van der Waals surface area contributed by atoms with Crippen LogP contribution in [0.5, 0.6) is 5.75 Å². The second-order valence-corrected chi connectivity index (χ2v) is 5.66. The van der Waals surface area contributed by atoms with Gasteiger partial charge in [0.25, 0.3) is 0 Å². The van der Waals surface area contributed by atoms with Crippen LogP contribution in [0, 0.1) is 11.2 Å². The number of nitrogens with one attached hydrogen (secondary N) is 1. The van der Waals surface area contributed by atoms with Gasteiger partial charge >= 0.3 is 0 Å². The summed E-state index contributed by atoms with van der Waals surface area (Å²) >= 11 is 0. The number of hydrogen-bond donors (Lipinski definition) is 2. The first-order valence-corrected chi connectivity index (χ1v) is 6.34. The molecule has 0 aliphatic heterocycles. The van der Waals surface area contributed by atoms with Crippen LogP contribution in [0.15, 0.2) is 30.6 Å². The highest BCUT2D eigenvalue weighted by molar-refractivity contribution is 5.23. The molecule has 1 heterocycles. The van der Waals surface area contributed by atoms with Gasteiger partial charge in [0, 0.05) is 0 Å². The van der Waals surface area contributed by atoms with Crippen molar-refractivity contribution < 1.29 is 14.2 Å². The molecule has 6 heteroatoms. The summed E-state index contributed by atoms with van der Waals surface area (Å²) in [6.07, 6.45) is -0.124. The molecule has 2 aromatic rings. The zero-order chi connectivity index (χ0) is 14.8. The van der Waals surface area contributed by atoms with Crippen molar-refractivity contribution in [3.8, 4) is 5.75 Å². The fourth-order valence-electron chi connectivity index (χ4n) is 1.73. The average Bonchev–Trinajstić information content (AvgIpc) is 2.90. The van der Waals surface area contributed by atoms with E-state index in [-0.39, 0.29) is 5.82 Å². The molecule has 0 radical (unpaired) electrons. The first-order chi connectivity index (χ1) is 9.38. The molecule has 0 bridgehead atoms. The van der Waals surface area contributed by atoms with Gasteiger partial charge in [0.1, 0.15) is 24.0 Å². The molecule has 0 spiro atoms. The van der Waals surface area contributed by atoms with E-state index in [1.165, 1.54) is 30.6 Å². The zero-order valence-corrected chi connectivity index (χ0v) is 11.7. The van der Waals surface area contributed by atoms with Gasteiger partial charge in [-0.1, -0.05) is 20.8 Å². The Morgan fingerprint density at radius 2 is 1.90 bits per heavy atom. The molecule has 1 aromatic carbocycles. The van der Waals surface area contributed by atoms with Gasteiger partial charge in [0.15, 0.2) is 11.9 Å². The van der Waals surface area contributed by atoms with E-state index in [0.29, 0.717) is 11.6 Å². The Bertz CT molecular complexity index is 535. The van der Waals surface area contributed by atoms with Crippen LogP contribution >= 0.6 is 0 Å². The lowest BCUT2D eigenvalue weighted by Gasteiger charge is -2.31. The minimum Gasteiger partial charge on any atom is -0.480 e. The first-order valence-electron chi connectivity index (χ1n) is 6.34.